The molecular weight excluding hydrogens is 176 g/mol. The first-order valence-corrected chi connectivity index (χ1v) is 5.88. The zero-order chi connectivity index (χ0) is 10.2. The number of hydrogen-bond donors (Lipinski definition) is 2. The fourth-order valence-electron chi connectivity index (χ4n) is 2.55. The smallest absolute Gasteiger partial charge is 0.0822 e. The van der Waals surface area contributed by atoms with Crippen LogP contribution >= 0.6 is 0 Å². The molecule has 0 bridgehead atoms. The molecular formula is C11H22N2O. The molecule has 2 atom stereocenters. The van der Waals surface area contributed by atoms with E-state index in [1.54, 1.807) is 0 Å². The van der Waals surface area contributed by atoms with Gasteiger partial charge in [0.25, 0.3) is 0 Å². The molecule has 0 aromatic rings. The Hall–Kier alpha value is -0.120. The monoisotopic (exact) mass is 198 g/mol. The summed E-state index contributed by atoms with van der Waals surface area (Å²) in [7, 11) is 0. The van der Waals surface area contributed by atoms with E-state index < -0.39 is 5.60 Å². The molecule has 3 N–H and O–H groups in total. The average molecular weight is 198 g/mol. The number of hydrogen-bond acceptors (Lipinski definition) is 3. The lowest BCUT2D eigenvalue weighted by Crippen LogP contribution is -2.59. The maximum absolute atomic E-state index is 10.3. The Morgan fingerprint density at radius 1 is 1.50 bits per heavy atom. The van der Waals surface area contributed by atoms with Gasteiger partial charge in [0.2, 0.25) is 0 Å². The fraction of sp³-hybridized carbons (Fsp3) is 1.00. The molecule has 3 heteroatoms. The molecule has 2 aliphatic rings. The number of rotatable bonds is 3. The van der Waals surface area contributed by atoms with E-state index >= 15 is 0 Å². The second-order valence-electron chi connectivity index (χ2n) is 4.94. The summed E-state index contributed by atoms with van der Waals surface area (Å²) in [6.45, 7) is 4.04. The first-order chi connectivity index (χ1) is 6.65. The van der Waals surface area contributed by atoms with Gasteiger partial charge in [0.05, 0.1) is 5.60 Å². The predicted molar refractivity (Wildman–Crippen MR) is 57.0 cm³/mol. The number of likely N-dealkylation sites (tertiary alicyclic amines) is 1. The van der Waals surface area contributed by atoms with Crippen molar-refractivity contribution < 1.29 is 5.11 Å². The molecule has 1 saturated heterocycles. The lowest BCUT2D eigenvalue weighted by atomic mass is 9.83. The van der Waals surface area contributed by atoms with E-state index in [0.717, 1.165) is 38.4 Å². The van der Waals surface area contributed by atoms with E-state index in [0.29, 0.717) is 0 Å². The van der Waals surface area contributed by atoms with E-state index in [9.17, 15) is 5.11 Å². The highest BCUT2D eigenvalue weighted by atomic mass is 16.3. The van der Waals surface area contributed by atoms with Crippen molar-refractivity contribution in [3.8, 4) is 0 Å². The molecule has 2 fully saturated rings. The summed E-state index contributed by atoms with van der Waals surface area (Å²) in [4.78, 5) is 2.45. The Balaban J connectivity index is 1.91. The summed E-state index contributed by atoms with van der Waals surface area (Å²) < 4.78 is 0. The number of piperidine rings is 1. The minimum Gasteiger partial charge on any atom is -0.388 e. The van der Waals surface area contributed by atoms with E-state index in [2.05, 4.69) is 11.8 Å². The number of nitrogens with two attached hydrogens (primary N) is 1. The van der Waals surface area contributed by atoms with Crippen LogP contribution in [0.4, 0.5) is 0 Å². The van der Waals surface area contributed by atoms with E-state index in [-0.39, 0.29) is 6.04 Å². The normalized spacial score (nSPS) is 40.1. The average Bonchev–Trinajstić information content (AvgIpc) is 2.94. The lowest BCUT2D eigenvalue weighted by Gasteiger charge is -2.43. The molecule has 1 saturated carbocycles. The van der Waals surface area contributed by atoms with Crippen molar-refractivity contribution in [1.29, 1.82) is 0 Å². The van der Waals surface area contributed by atoms with Crippen molar-refractivity contribution in [3.05, 3.63) is 0 Å². The standard InChI is InChI=1S/C11H22N2O/c1-2-5-11(14)6-7-13(8-10(11)12)9-3-4-9/h9-10,14H,2-8,12H2,1H3. The molecule has 2 unspecified atom stereocenters. The minimum absolute atomic E-state index is 0.0446. The molecule has 0 spiro atoms. The van der Waals surface area contributed by atoms with Crippen LogP contribution in [0.1, 0.15) is 39.0 Å². The van der Waals surface area contributed by atoms with E-state index in [4.69, 9.17) is 5.73 Å². The van der Waals surface area contributed by atoms with Crippen LogP contribution < -0.4 is 5.73 Å². The van der Waals surface area contributed by atoms with Crippen molar-refractivity contribution in [3.63, 3.8) is 0 Å². The summed E-state index contributed by atoms with van der Waals surface area (Å²) in [5.74, 6) is 0. The highest BCUT2D eigenvalue weighted by molar-refractivity contribution is 4.99. The number of aliphatic hydroxyl groups is 1. The molecule has 1 heterocycles. The third kappa shape index (κ3) is 1.95. The second-order valence-corrected chi connectivity index (χ2v) is 4.94. The van der Waals surface area contributed by atoms with Gasteiger partial charge in [-0.3, -0.25) is 4.90 Å². The van der Waals surface area contributed by atoms with Crippen molar-refractivity contribution in [2.24, 2.45) is 5.73 Å². The summed E-state index contributed by atoms with van der Waals surface area (Å²) in [5, 5.41) is 10.3. The molecule has 0 aromatic heterocycles. The first kappa shape index (κ1) is 10.4. The lowest BCUT2D eigenvalue weighted by molar-refractivity contribution is -0.0469. The summed E-state index contributed by atoms with van der Waals surface area (Å²) in [6, 6.07) is 0.740. The first-order valence-electron chi connectivity index (χ1n) is 5.88. The van der Waals surface area contributed by atoms with Gasteiger partial charge in [0.1, 0.15) is 0 Å². The molecule has 0 amide bonds. The van der Waals surface area contributed by atoms with E-state index in [1.807, 2.05) is 0 Å². The zero-order valence-electron chi connectivity index (χ0n) is 9.08. The van der Waals surface area contributed by atoms with Crippen LogP contribution in [-0.2, 0) is 0 Å². The van der Waals surface area contributed by atoms with Crippen LogP contribution in [-0.4, -0.2) is 40.8 Å². The SMILES string of the molecule is CCCC1(O)CCN(C2CC2)CC1N. The molecule has 0 aromatic carbocycles. The Morgan fingerprint density at radius 2 is 2.21 bits per heavy atom. The Morgan fingerprint density at radius 3 is 2.71 bits per heavy atom. The van der Waals surface area contributed by atoms with Crippen molar-refractivity contribution in [2.75, 3.05) is 13.1 Å². The Labute approximate surface area is 86.3 Å². The topological polar surface area (TPSA) is 49.5 Å². The molecule has 0 radical (unpaired) electrons. The second kappa shape index (κ2) is 3.80. The Kier molecular flexibility index (Phi) is 2.82. The third-order valence-corrected chi connectivity index (χ3v) is 3.70. The summed E-state index contributed by atoms with van der Waals surface area (Å²) in [6.07, 6.45) is 5.40. The van der Waals surface area contributed by atoms with Crippen LogP contribution in [0.5, 0.6) is 0 Å². The maximum Gasteiger partial charge on any atom is 0.0822 e. The Bertz CT molecular complexity index is 205. The summed E-state index contributed by atoms with van der Waals surface area (Å²) >= 11 is 0. The zero-order valence-corrected chi connectivity index (χ0v) is 9.08. The largest absolute Gasteiger partial charge is 0.388 e. The van der Waals surface area contributed by atoms with Gasteiger partial charge in [-0.1, -0.05) is 13.3 Å². The van der Waals surface area contributed by atoms with Gasteiger partial charge in [-0.25, -0.2) is 0 Å². The summed E-state index contributed by atoms with van der Waals surface area (Å²) in [5.41, 5.74) is 5.48. The van der Waals surface area contributed by atoms with Gasteiger partial charge < -0.3 is 10.8 Å². The van der Waals surface area contributed by atoms with Crippen LogP contribution in [0.25, 0.3) is 0 Å². The van der Waals surface area contributed by atoms with Crippen LogP contribution in [0.3, 0.4) is 0 Å². The van der Waals surface area contributed by atoms with Crippen molar-refractivity contribution in [2.45, 2.75) is 56.7 Å². The maximum atomic E-state index is 10.3. The molecule has 2 rings (SSSR count). The van der Waals surface area contributed by atoms with Gasteiger partial charge in [-0.05, 0) is 25.7 Å². The molecule has 1 aliphatic carbocycles. The van der Waals surface area contributed by atoms with Gasteiger partial charge in [-0.2, -0.15) is 0 Å². The van der Waals surface area contributed by atoms with Gasteiger partial charge in [-0.15, -0.1) is 0 Å². The van der Waals surface area contributed by atoms with Gasteiger partial charge >= 0.3 is 0 Å². The quantitative estimate of drug-likeness (QED) is 0.702. The van der Waals surface area contributed by atoms with E-state index in [1.165, 1.54) is 12.8 Å². The molecule has 1 aliphatic heterocycles. The third-order valence-electron chi connectivity index (χ3n) is 3.70. The molecule has 3 nitrogen and oxygen atoms in total. The van der Waals surface area contributed by atoms with Crippen LogP contribution in [0, 0.1) is 0 Å². The van der Waals surface area contributed by atoms with Gasteiger partial charge in [0, 0.05) is 25.2 Å². The van der Waals surface area contributed by atoms with Crippen molar-refractivity contribution in [1.82, 2.24) is 4.90 Å². The van der Waals surface area contributed by atoms with Crippen LogP contribution in [0.2, 0.25) is 0 Å². The predicted octanol–water partition coefficient (Wildman–Crippen LogP) is 0.713. The van der Waals surface area contributed by atoms with Crippen molar-refractivity contribution >= 4 is 0 Å². The highest BCUT2D eigenvalue weighted by Gasteiger charge is 2.42. The van der Waals surface area contributed by atoms with Crippen LogP contribution in [0.15, 0.2) is 0 Å². The minimum atomic E-state index is -0.583. The molecule has 14 heavy (non-hydrogen) atoms. The highest BCUT2D eigenvalue weighted by Crippen LogP contribution is 2.33. The number of nitrogens with zero attached hydrogens (tertiary/aromatic N) is 1. The fourth-order valence-corrected chi connectivity index (χ4v) is 2.55. The molecule has 82 valence electrons. The van der Waals surface area contributed by atoms with Gasteiger partial charge in [0.15, 0.2) is 0 Å².